The Hall–Kier alpha value is -9.70. The van der Waals surface area contributed by atoms with Gasteiger partial charge in [-0.3, -0.25) is 58.7 Å². The molecule has 4 saturated carbocycles. The quantitative estimate of drug-likeness (QED) is 0.0195. The fourth-order valence-electron chi connectivity index (χ4n) is 21.8. The predicted molar refractivity (Wildman–Crippen MR) is 519 cm³/mol. The normalized spacial score (nSPS) is 22.4. The summed E-state index contributed by atoms with van der Waals surface area (Å²) in [4.78, 5) is 95.2. The zero-order valence-corrected chi connectivity index (χ0v) is 79.1. The molecule has 26 heteroatoms. The number of nitrogens with one attached hydrogen (secondary N) is 4. The van der Waals surface area contributed by atoms with Crippen LogP contribution in [0.15, 0.2) is 122 Å². The number of unbranched alkanes of at least 4 members (excludes halogenated alkanes) is 6. The number of rotatable bonds is 40. The van der Waals surface area contributed by atoms with Crippen LogP contribution in [0.4, 0.5) is 32.1 Å². The van der Waals surface area contributed by atoms with E-state index in [-0.39, 0.29) is 48.9 Å². The number of aliphatic carboxylic acids is 2. The Bertz CT molecular complexity index is 4970. The third-order valence-corrected chi connectivity index (χ3v) is 29.5. The van der Waals surface area contributed by atoms with E-state index in [0.29, 0.717) is 62.4 Å². The number of likely N-dealkylation sites (tertiary alicyclic amines) is 4. The van der Waals surface area contributed by atoms with Crippen LogP contribution in [0, 0.1) is 0 Å². The van der Waals surface area contributed by atoms with Gasteiger partial charge in [-0.2, -0.15) is 0 Å². The van der Waals surface area contributed by atoms with Gasteiger partial charge < -0.3 is 41.0 Å². The molecule has 0 spiro atoms. The molecule has 0 amide bonds. The number of alkyl halides is 2. The summed E-state index contributed by atoms with van der Waals surface area (Å²) >= 11 is 0. The molecule has 8 aromatic rings. The number of nitrogens with zero attached hydrogens (tertiary/aromatic N) is 12. The molecule has 0 bridgehead atoms. The van der Waals surface area contributed by atoms with E-state index in [0.717, 1.165) is 312 Å². The highest BCUT2D eigenvalue weighted by Crippen LogP contribution is 2.49. The summed E-state index contributed by atoms with van der Waals surface area (Å²) in [6.07, 6.45) is 43.0. The number of ether oxygens (including phenoxy) is 2. The lowest BCUT2D eigenvalue weighted by Gasteiger charge is -2.27. The van der Waals surface area contributed by atoms with Crippen LogP contribution in [0.1, 0.15) is 332 Å². The van der Waals surface area contributed by atoms with Gasteiger partial charge in [-0.05, 0) is 301 Å². The van der Waals surface area contributed by atoms with Crippen molar-refractivity contribution in [3.63, 3.8) is 0 Å². The number of aryl methyl sites for hydroxylation is 8. The number of ketones is 2. The predicted octanol–water partition coefficient (Wildman–Crippen LogP) is 19.0. The van der Waals surface area contributed by atoms with Crippen LogP contribution < -0.4 is 21.3 Å². The van der Waals surface area contributed by atoms with Crippen LogP contribution in [-0.2, 0) is 80.0 Å². The highest BCUT2D eigenvalue weighted by molar-refractivity contribution is 5.84. The Balaban J connectivity index is 0.000000124. The Labute approximate surface area is 790 Å². The summed E-state index contributed by atoms with van der Waals surface area (Å²) < 4.78 is 43.7. The number of hydrogen-bond donors (Lipinski definition) is 6. The van der Waals surface area contributed by atoms with Crippen LogP contribution >= 0.6 is 0 Å². The number of halogens is 2. The van der Waals surface area contributed by atoms with Gasteiger partial charge >= 0.3 is 11.9 Å². The zero-order chi connectivity index (χ0) is 92.3. The van der Waals surface area contributed by atoms with Crippen molar-refractivity contribution >= 4 is 46.8 Å². The molecule has 0 aromatic carbocycles. The van der Waals surface area contributed by atoms with Gasteiger partial charge in [0.15, 0.2) is 11.6 Å². The maximum Gasteiger partial charge on any atom is 0.325 e. The number of carboxylic acid groups (broad SMARTS) is 2. The van der Waals surface area contributed by atoms with Gasteiger partial charge in [0.1, 0.15) is 46.7 Å². The smallest absolute Gasteiger partial charge is 0.325 e. The van der Waals surface area contributed by atoms with Gasteiger partial charge in [-0.15, -0.1) is 0 Å². The first-order valence-electron chi connectivity index (χ1n) is 51.2. The van der Waals surface area contributed by atoms with Gasteiger partial charge in [-0.25, -0.2) is 28.7 Å². The van der Waals surface area contributed by atoms with E-state index >= 15 is 8.78 Å². The Morgan fingerprint density at radius 2 is 0.679 bits per heavy atom. The summed E-state index contributed by atoms with van der Waals surface area (Å²) in [6, 6.07) is 30.9. The molecule has 8 aliphatic heterocycles. The largest absolute Gasteiger partial charge is 0.480 e. The van der Waals surface area contributed by atoms with Crippen molar-refractivity contribution in [2.24, 2.45) is 0 Å². The highest BCUT2D eigenvalue weighted by Gasteiger charge is 2.48. The van der Waals surface area contributed by atoms with Crippen molar-refractivity contribution < 1.29 is 47.6 Å². The number of carbonyl (C=O) groups is 4. The number of fused-ring (bicyclic) bond motifs is 4. The number of pyridine rings is 8. The molecular weight excluding hydrogens is 1690 g/mol. The summed E-state index contributed by atoms with van der Waals surface area (Å²) in [5, 5.41) is 33.6. The summed E-state index contributed by atoms with van der Waals surface area (Å²) in [5.74, 6) is 4.61. The molecule has 6 N–H and O–H groups in total. The van der Waals surface area contributed by atoms with E-state index in [4.69, 9.17) is 29.4 Å². The second-order valence-corrected chi connectivity index (χ2v) is 40.2. The molecule has 8 aromatic heterocycles. The average molecular weight is 1830 g/mol. The fourth-order valence-corrected chi connectivity index (χ4v) is 21.8. The third-order valence-electron chi connectivity index (χ3n) is 29.5. The lowest BCUT2D eigenvalue weighted by Crippen LogP contribution is -2.36. The second-order valence-electron chi connectivity index (χ2n) is 40.2. The van der Waals surface area contributed by atoms with E-state index in [9.17, 15) is 29.4 Å². The molecular formula is C108H142F2N16O8. The van der Waals surface area contributed by atoms with E-state index in [1.807, 2.05) is 46.5 Å². The number of hydrogen-bond acceptors (Lipinski definition) is 22. The van der Waals surface area contributed by atoms with Crippen molar-refractivity contribution in [3.05, 3.63) is 212 Å². The lowest BCUT2D eigenvalue weighted by molar-refractivity contribution is -0.144. The van der Waals surface area contributed by atoms with Crippen LogP contribution in [0.25, 0.3) is 0 Å². The van der Waals surface area contributed by atoms with Gasteiger partial charge in [0, 0.05) is 197 Å². The van der Waals surface area contributed by atoms with Crippen molar-refractivity contribution in [2.75, 3.05) is 113 Å². The first-order valence-corrected chi connectivity index (χ1v) is 51.2. The van der Waals surface area contributed by atoms with Crippen molar-refractivity contribution in [3.8, 4) is 0 Å². The number of carbonyl (C=O) groups excluding carboxylic acids is 2. The second kappa shape index (κ2) is 46.0. The number of aromatic nitrogens is 8. The fraction of sp³-hybridized carbons (Fsp3) is 0.593. The minimum absolute atomic E-state index is 0.182. The highest BCUT2D eigenvalue weighted by atomic mass is 19.1. The molecule has 4 saturated heterocycles. The van der Waals surface area contributed by atoms with Crippen molar-refractivity contribution in [1.82, 2.24) is 59.5 Å². The molecule has 16 heterocycles. The van der Waals surface area contributed by atoms with E-state index in [1.54, 1.807) is 38.4 Å². The molecule has 8 atom stereocenters. The molecule has 12 aliphatic rings. The maximum absolute atomic E-state index is 15.6. The summed E-state index contributed by atoms with van der Waals surface area (Å²) in [7, 11) is 0. The Morgan fingerprint density at radius 1 is 0.381 bits per heavy atom. The molecule has 20 rings (SSSR count). The number of carboxylic acids is 2. The van der Waals surface area contributed by atoms with Gasteiger partial charge in [0.05, 0.1) is 24.3 Å². The van der Waals surface area contributed by atoms with Crippen molar-refractivity contribution in [1.29, 1.82) is 0 Å². The average Bonchev–Trinajstić information content (AvgIpc) is 1.64. The van der Waals surface area contributed by atoms with Crippen LogP contribution in [-0.4, -0.2) is 208 Å². The molecule has 0 unspecified atom stereocenters. The summed E-state index contributed by atoms with van der Waals surface area (Å²) in [5.41, 5.74) is 14.9. The minimum atomic E-state index is -1.32. The SMILES string of the molecule is CC(=O)[C@@H](c1cccnc1C1CC1)N1CC[C@@H](OCCCCc2ccc3c(n2)NCCC3)C1.CC(=O)[C@H](c1cccnc1C1CC1)N1CC[C@@H](OCCCCc2ccc3c(n2)NCCC3)C1.O=C(O)[C@@H](c1cccnc1C1CC1)N1CC[C@](F)(CCCCCc2ccc3c(n2)NCCC3)C1.O=C(O)[C@H](c1cccnc1C1CC1)N1CC[C@](F)(CCCCCc2ccc3c(n2)NCCC3)C1. The summed E-state index contributed by atoms with van der Waals surface area (Å²) in [6.45, 7) is 13.8. The molecule has 134 heavy (non-hydrogen) atoms. The van der Waals surface area contributed by atoms with E-state index in [2.05, 4.69) is 112 Å². The Kier molecular flexibility index (Phi) is 32.9. The van der Waals surface area contributed by atoms with E-state index in [1.165, 1.54) is 72.2 Å². The monoisotopic (exact) mass is 1830 g/mol. The molecule has 0 radical (unpaired) electrons. The molecule has 8 fully saturated rings. The van der Waals surface area contributed by atoms with Gasteiger partial charge in [0.25, 0.3) is 0 Å². The minimum Gasteiger partial charge on any atom is -0.480 e. The van der Waals surface area contributed by atoms with Crippen LogP contribution in [0.2, 0.25) is 0 Å². The lowest BCUT2D eigenvalue weighted by atomic mass is 9.96. The standard InChI is InChI=1S/2C27H35FN4O2.2C27H36N4O2/c2*28-27(13-3-1-2-7-21-12-11-20-6-4-16-30-25(20)31-21)14-17-32(18-27)24(26(33)34)22-8-5-15-29-23(22)19-9-10-19;2*1-19(32)26(24-8-5-14-28-25(24)20-9-10-20)31-16-13-23(18-31)33-17-3-2-7-22-12-11-21-6-4-15-29-27(21)30-22/h2*5,8,11-12,15,19,24H,1-4,6-7,9-10,13-14,16-18H2,(H,30,31)(H,33,34);2*5,8,11-12,14,20,23,26H,2-4,6-7,9-10,13,15-18H2,1H3,(H,29,30)/t24-,27+;24-,27-;23-,26+;23-,26-/m0111/s1. The third kappa shape index (κ3) is 25.8. The van der Waals surface area contributed by atoms with Gasteiger partial charge in [-0.1, -0.05) is 74.2 Å². The maximum atomic E-state index is 15.6. The van der Waals surface area contributed by atoms with Crippen LogP contribution in [0.3, 0.4) is 0 Å². The van der Waals surface area contributed by atoms with Crippen LogP contribution in [0.5, 0.6) is 0 Å². The number of anilines is 4. The number of Topliss-reactive ketones (excluding diaryl/α,β-unsaturated/α-hetero) is 2. The van der Waals surface area contributed by atoms with Gasteiger partial charge in [0.2, 0.25) is 0 Å². The Morgan fingerprint density at radius 3 is 0.970 bits per heavy atom. The van der Waals surface area contributed by atoms with E-state index < -0.39 is 35.4 Å². The van der Waals surface area contributed by atoms with Crippen molar-refractivity contribution in [2.45, 2.75) is 316 Å². The molecule has 716 valence electrons. The molecule has 4 aliphatic carbocycles. The zero-order valence-electron chi connectivity index (χ0n) is 79.1. The first kappa shape index (κ1) is 96.0. The molecule has 24 nitrogen and oxygen atoms in total. The first-order chi connectivity index (χ1) is 65.4. The topological polar surface area (TPSA) is 291 Å².